The van der Waals surface area contributed by atoms with Gasteiger partial charge >= 0.3 is 0 Å². The van der Waals surface area contributed by atoms with Crippen molar-refractivity contribution in [2.45, 2.75) is 6.54 Å². The Hall–Kier alpha value is -2.80. The summed E-state index contributed by atoms with van der Waals surface area (Å²) in [5.74, 6) is 0.642. The topological polar surface area (TPSA) is 91.4 Å². The molecule has 0 saturated heterocycles. The van der Waals surface area contributed by atoms with Crippen LogP contribution in [0.5, 0.6) is 0 Å². The van der Waals surface area contributed by atoms with E-state index in [2.05, 4.69) is 35.8 Å². The van der Waals surface area contributed by atoms with Crippen molar-refractivity contribution in [3.05, 3.63) is 54.7 Å². The average molecular weight is 295 g/mol. The minimum Gasteiger partial charge on any atom is -0.353 e. The second-order valence-corrected chi connectivity index (χ2v) is 4.69. The zero-order chi connectivity index (χ0) is 15.0. The van der Waals surface area contributed by atoms with Crippen molar-refractivity contribution in [2.75, 3.05) is 18.4 Å². The van der Waals surface area contributed by atoms with E-state index in [0.717, 1.165) is 36.5 Å². The molecule has 3 aromatic heterocycles. The molecule has 3 N–H and O–H groups in total. The van der Waals surface area contributed by atoms with Gasteiger partial charge in [-0.15, -0.1) is 0 Å². The third kappa shape index (κ3) is 3.64. The molecule has 112 valence electrons. The smallest absolute Gasteiger partial charge is 0.222 e. The van der Waals surface area contributed by atoms with E-state index in [0.29, 0.717) is 5.95 Å². The van der Waals surface area contributed by atoms with Gasteiger partial charge in [-0.25, -0.2) is 9.97 Å². The molecule has 0 spiro atoms. The van der Waals surface area contributed by atoms with Crippen molar-refractivity contribution >= 4 is 5.95 Å². The summed E-state index contributed by atoms with van der Waals surface area (Å²) in [6.07, 6.45) is 8.85. The lowest BCUT2D eigenvalue weighted by Gasteiger charge is -2.07. The van der Waals surface area contributed by atoms with E-state index in [-0.39, 0.29) is 0 Å². The second-order valence-electron chi connectivity index (χ2n) is 4.69. The van der Waals surface area contributed by atoms with E-state index in [9.17, 15) is 0 Å². The molecule has 0 bridgehead atoms. The average Bonchev–Trinajstić information content (AvgIpc) is 3.05. The number of H-pyrrole nitrogens is 1. The van der Waals surface area contributed by atoms with Gasteiger partial charge in [0.25, 0.3) is 0 Å². The number of pyridine rings is 1. The van der Waals surface area contributed by atoms with E-state index in [1.54, 1.807) is 24.7 Å². The largest absolute Gasteiger partial charge is 0.353 e. The van der Waals surface area contributed by atoms with Crippen LogP contribution in [0.1, 0.15) is 5.56 Å². The number of nitrogens with zero attached hydrogens (tertiary/aromatic N) is 4. The fraction of sp³-hybridized carbons (Fsp3) is 0.200. The first-order valence-electron chi connectivity index (χ1n) is 7.08. The highest BCUT2D eigenvalue weighted by molar-refractivity contribution is 5.61. The van der Waals surface area contributed by atoms with Gasteiger partial charge in [-0.05, 0) is 18.2 Å². The normalized spacial score (nSPS) is 10.5. The van der Waals surface area contributed by atoms with Crippen LogP contribution in [0.25, 0.3) is 11.3 Å². The van der Waals surface area contributed by atoms with Gasteiger partial charge in [-0.2, -0.15) is 5.10 Å². The summed E-state index contributed by atoms with van der Waals surface area (Å²) in [6, 6.07) is 5.72. The van der Waals surface area contributed by atoms with Crippen LogP contribution < -0.4 is 10.6 Å². The van der Waals surface area contributed by atoms with E-state index >= 15 is 0 Å². The number of anilines is 1. The first-order valence-corrected chi connectivity index (χ1v) is 7.08. The van der Waals surface area contributed by atoms with Crippen LogP contribution in [0.15, 0.2) is 49.2 Å². The molecule has 22 heavy (non-hydrogen) atoms. The summed E-state index contributed by atoms with van der Waals surface area (Å²) in [5, 5.41) is 13.7. The van der Waals surface area contributed by atoms with Gasteiger partial charge in [-0.1, -0.05) is 0 Å². The van der Waals surface area contributed by atoms with Gasteiger partial charge in [0.1, 0.15) is 0 Å². The van der Waals surface area contributed by atoms with E-state index in [1.165, 1.54) is 0 Å². The summed E-state index contributed by atoms with van der Waals surface area (Å²) in [7, 11) is 0. The molecule has 3 aromatic rings. The van der Waals surface area contributed by atoms with Crippen molar-refractivity contribution < 1.29 is 0 Å². The monoisotopic (exact) mass is 295 g/mol. The third-order valence-corrected chi connectivity index (χ3v) is 3.13. The van der Waals surface area contributed by atoms with Crippen LogP contribution in [0.4, 0.5) is 5.95 Å². The zero-order valence-corrected chi connectivity index (χ0v) is 12.0. The van der Waals surface area contributed by atoms with Gasteiger partial charge < -0.3 is 10.6 Å². The van der Waals surface area contributed by atoms with E-state index in [1.807, 2.05) is 24.5 Å². The van der Waals surface area contributed by atoms with Crippen molar-refractivity contribution in [3.8, 4) is 11.3 Å². The molecule has 0 aliphatic carbocycles. The minimum absolute atomic E-state index is 0.642. The fourth-order valence-corrected chi connectivity index (χ4v) is 2.08. The number of aromatic nitrogens is 5. The first kappa shape index (κ1) is 14.2. The first-order chi connectivity index (χ1) is 10.9. The molecule has 0 aliphatic rings. The molecular weight excluding hydrogens is 278 g/mol. The van der Waals surface area contributed by atoms with Gasteiger partial charge in [-0.3, -0.25) is 10.1 Å². The molecule has 7 nitrogen and oxygen atoms in total. The second kappa shape index (κ2) is 7.28. The number of hydrogen-bond donors (Lipinski definition) is 3. The third-order valence-electron chi connectivity index (χ3n) is 3.13. The predicted octanol–water partition coefficient (Wildman–Crippen LogP) is 1.46. The SMILES string of the molecule is c1cnc(NCCNCc2cn[nH]c2-c2cccnc2)nc1. The Labute approximate surface area is 128 Å². The molecule has 3 heterocycles. The van der Waals surface area contributed by atoms with Crippen molar-refractivity contribution in [3.63, 3.8) is 0 Å². The lowest BCUT2D eigenvalue weighted by molar-refractivity contribution is 0.706. The van der Waals surface area contributed by atoms with Crippen LogP contribution in [0.3, 0.4) is 0 Å². The molecular formula is C15H17N7. The molecule has 7 heteroatoms. The number of hydrogen-bond acceptors (Lipinski definition) is 6. The molecule has 0 amide bonds. The van der Waals surface area contributed by atoms with E-state index in [4.69, 9.17) is 0 Å². The molecule has 3 rings (SSSR count). The summed E-state index contributed by atoms with van der Waals surface area (Å²) in [4.78, 5) is 12.3. The van der Waals surface area contributed by atoms with Crippen LogP contribution in [0, 0.1) is 0 Å². The summed E-state index contributed by atoms with van der Waals surface area (Å²) in [5.41, 5.74) is 3.15. The minimum atomic E-state index is 0.642. The van der Waals surface area contributed by atoms with E-state index < -0.39 is 0 Å². The predicted molar refractivity (Wildman–Crippen MR) is 84.0 cm³/mol. The molecule has 0 aromatic carbocycles. The highest BCUT2D eigenvalue weighted by Crippen LogP contribution is 2.19. The number of rotatable bonds is 7. The Morgan fingerprint density at radius 3 is 2.73 bits per heavy atom. The van der Waals surface area contributed by atoms with Crippen molar-refractivity contribution in [2.24, 2.45) is 0 Å². The maximum Gasteiger partial charge on any atom is 0.222 e. The maximum absolute atomic E-state index is 4.13. The Morgan fingerprint density at radius 1 is 1.00 bits per heavy atom. The molecule has 0 fully saturated rings. The Morgan fingerprint density at radius 2 is 1.91 bits per heavy atom. The molecule has 0 saturated carbocycles. The zero-order valence-electron chi connectivity index (χ0n) is 12.0. The standard InChI is InChI=1S/C15H17N7/c1-3-12(9-16-4-1)14-13(11-21-22-14)10-17-7-8-20-15-18-5-2-6-19-15/h1-6,9,11,17H,7-8,10H2,(H,21,22)(H,18,19,20). The van der Waals surface area contributed by atoms with Crippen LogP contribution in [-0.4, -0.2) is 38.2 Å². The number of aromatic amines is 1. The summed E-state index contributed by atoms with van der Waals surface area (Å²) < 4.78 is 0. The lowest BCUT2D eigenvalue weighted by atomic mass is 10.1. The number of nitrogens with one attached hydrogen (secondary N) is 3. The van der Waals surface area contributed by atoms with Crippen LogP contribution >= 0.6 is 0 Å². The van der Waals surface area contributed by atoms with Gasteiger partial charge in [0.05, 0.1) is 11.9 Å². The lowest BCUT2D eigenvalue weighted by Crippen LogP contribution is -2.22. The fourth-order valence-electron chi connectivity index (χ4n) is 2.08. The van der Waals surface area contributed by atoms with Gasteiger partial charge in [0.2, 0.25) is 5.95 Å². The highest BCUT2D eigenvalue weighted by atomic mass is 15.1. The summed E-state index contributed by atoms with van der Waals surface area (Å²) in [6.45, 7) is 2.29. The Bertz CT molecular complexity index is 681. The quantitative estimate of drug-likeness (QED) is 0.572. The summed E-state index contributed by atoms with van der Waals surface area (Å²) >= 11 is 0. The van der Waals surface area contributed by atoms with Gasteiger partial charge in [0, 0.05) is 55.5 Å². The van der Waals surface area contributed by atoms with Crippen molar-refractivity contribution in [1.82, 2.24) is 30.5 Å². The van der Waals surface area contributed by atoms with Crippen LogP contribution in [-0.2, 0) is 6.54 Å². The Balaban J connectivity index is 1.48. The maximum atomic E-state index is 4.13. The highest BCUT2D eigenvalue weighted by Gasteiger charge is 2.06. The molecule has 0 radical (unpaired) electrons. The molecule has 0 atom stereocenters. The van der Waals surface area contributed by atoms with Crippen LogP contribution in [0.2, 0.25) is 0 Å². The molecule has 0 aliphatic heterocycles. The van der Waals surface area contributed by atoms with Gasteiger partial charge in [0.15, 0.2) is 0 Å². The van der Waals surface area contributed by atoms with Crippen molar-refractivity contribution in [1.29, 1.82) is 0 Å². The molecule has 0 unspecified atom stereocenters. The Kier molecular flexibility index (Phi) is 4.68.